The third-order valence-corrected chi connectivity index (χ3v) is 2.85. The van der Waals surface area contributed by atoms with Gasteiger partial charge in [-0.3, -0.25) is 4.98 Å². The maximum Gasteiger partial charge on any atom is 0.252 e. The molecule has 0 radical (unpaired) electrons. The first-order valence-corrected chi connectivity index (χ1v) is 5.88. The molecule has 3 aromatic rings. The summed E-state index contributed by atoms with van der Waals surface area (Å²) in [6.45, 7) is 0.195. The van der Waals surface area contributed by atoms with Crippen molar-refractivity contribution in [3.05, 3.63) is 54.2 Å². The first-order chi connectivity index (χ1) is 9.24. The molecule has 0 fully saturated rings. The van der Waals surface area contributed by atoms with Gasteiger partial charge in [0.2, 0.25) is 0 Å². The Kier molecular flexibility index (Phi) is 2.87. The fourth-order valence-electron chi connectivity index (χ4n) is 1.87. The Morgan fingerprint density at radius 2 is 2.21 bits per heavy atom. The highest BCUT2D eigenvalue weighted by molar-refractivity contribution is 5.76. The standard InChI is InChI=1S/C14H12FN3O/c1-18-7-5-10-8-12(15)14(17-13(10)18)19-9-11-4-2-3-6-16-11/h2-8H,9H2,1H3. The van der Waals surface area contributed by atoms with Crippen molar-refractivity contribution in [3.63, 3.8) is 0 Å². The highest BCUT2D eigenvalue weighted by Crippen LogP contribution is 2.21. The molecule has 0 saturated carbocycles. The Bertz CT molecular complexity index is 709. The molecule has 3 aromatic heterocycles. The summed E-state index contributed by atoms with van der Waals surface area (Å²) < 4.78 is 21.0. The summed E-state index contributed by atoms with van der Waals surface area (Å²) in [5, 5.41) is 0.755. The fourth-order valence-corrected chi connectivity index (χ4v) is 1.87. The van der Waals surface area contributed by atoms with Gasteiger partial charge in [0.05, 0.1) is 5.69 Å². The predicted octanol–water partition coefficient (Wildman–Crippen LogP) is 2.69. The topological polar surface area (TPSA) is 39.9 Å². The molecule has 0 bridgehead atoms. The lowest BCUT2D eigenvalue weighted by Crippen LogP contribution is -2.02. The second kappa shape index (κ2) is 4.68. The zero-order chi connectivity index (χ0) is 13.2. The van der Waals surface area contributed by atoms with Crippen LogP contribution in [0.5, 0.6) is 5.88 Å². The SMILES string of the molecule is Cn1ccc2cc(F)c(OCc3ccccn3)nc21. The Morgan fingerprint density at radius 3 is 3.00 bits per heavy atom. The van der Waals surface area contributed by atoms with E-state index in [1.165, 1.54) is 6.07 Å². The molecule has 96 valence electrons. The molecule has 0 aromatic carbocycles. The number of hydrogen-bond donors (Lipinski definition) is 0. The molecule has 0 unspecified atom stereocenters. The van der Waals surface area contributed by atoms with E-state index in [-0.39, 0.29) is 12.5 Å². The fraction of sp³-hybridized carbons (Fsp3) is 0.143. The number of aromatic nitrogens is 3. The molecule has 0 saturated heterocycles. The lowest BCUT2D eigenvalue weighted by atomic mass is 10.3. The summed E-state index contributed by atoms with van der Waals surface area (Å²) in [7, 11) is 1.86. The maximum absolute atomic E-state index is 13.8. The van der Waals surface area contributed by atoms with Gasteiger partial charge >= 0.3 is 0 Å². The van der Waals surface area contributed by atoms with E-state index in [0.717, 1.165) is 11.1 Å². The van der Waals surface area contributed by atoms with Crippen LogP contribution in [0.4, 0.5) is 4.39 Å². The largest absolute Gasteiger partial charge is 0.469 e. The summed E-state index contributed by atoms with van der Waals surface area (Å²) >= 11 is 0. The first kappa shape index (κ1) is 11.6. The molecule has 0 amide bonds. The van der Waals surface area contributed by atoms with E-state index in [1.807, 2.05) is 42.1 Å². The van der Waals surface area contributed by atoms with Gasteiger partial charge in [-0.1, -0.05) is 6.07 Å². The van der Waals surface area contributed by atoms with Crippen LogP contribution in [0.1, 0.15) is 5.69 Å². The van der Waals surface area contributed by atoms with Gasteiger partial charge in [0.1, 0.15) is 12.3 Å². The molecule has 0 atom stereocenters. The maximum atomic E-state index is 13.8. The molecule has 3 rings (SSSR count). The van der Waals surface area contributed by atoms with Gasteiger partial charge in [0.25, 0.3) is 5.88 Å². The lowest BCUT2D eigenvalue weighted by molar-refractivity contribution is 0.274. The summed E-state index contributed by atoms with van der Waals surface area (Å²) in [6, 6.07) is 8.73. The van der Waals surface area contributed by atoms with Crippen molar-refractivity contribution in [2.24, 2.45) is 7.05 Å². The molecule has 4 nitrogen and oxygen atoms in total. The number of ether oxygens (including phenoxy) is 1. The van der Waals surface area contributed by atoms with Crippen LogP contribution in [0.3, 0.4) is 0 Å². The second-order valence-electron chi connectivity index (χ2n) is 4.22. The molecule has 0 aliphatic heterocycles. The quantitative estimate of drug-likeness (QED) is 0.724. The minimum Gasteiger partial charge on any atom is -0.469 e. The first-order valence-electron chi connectivity index (χ1n) is 5.88. The number of hydrogen-bond acceptors (Lipinski definition) is 3. The number of pyridine rings is 2. The number of aryl methyl sites for hydroxylation is 1. The van der Waals surface area contributed by atoms with E-state index < -0.39 is 5.82 Å². The Labute approximate surface area is 109 Å². The molecule has 0 aliphatic carbocycles. The third-order valence-electron chi connectivity index (χ3n) is 2.85. The molecule has 3 heterocycles. The van der Waals surface area contributed by atoms with E-state index in [1.54, 1.807) is 6.20 Å². The van der Waals surface area contributed by atoms with E-state index in [2.05, 4.69) is 9.97 Å². The van der Waals surface area contributed by atoms with Crippen molar-refractivity contribution in [1.82, 2.24) is 14.5 Å². The minimum atomic E-state index is -0.463. The van der Waals surface area contributed by atoms with Crippen LogP contribution in [0, 0.1) is 5.82 Å². The van der Waals surface area contributed by atoms with Gasteiger partial charge in [0, 0.05) is 24.8 Å². The average Bonchev–Trinajstić information content (AvgIpc) is 2.78. The summed E-state index contributed by atoms with van der Waals surface area (Å²) in [5.41, 5.74) is 1.42. The Hall–Kier alpha value is -2.43. The zero-order valence-electron chi connectivity index (χ0n) is 10.4. The van der Waals surface area contributed by atoms with Crippen LogP contribution in [0.15, 0.2) is 42.7 Å². The van der Waals surface area contributed by atoms with Crippen LogP contribution in [0.25, 0.3) is 11.0 Å². The normalized spacial score (nSPS) is 10.8. The van der Waals surface area contributed by atoms with Crippen molar-refractivity contribution < 1.29 is 9.13 Å². The molecular weight excluding hydrogens is 245 g/mol. The van der Waals surface area contributed by atoms with Gasteiger partial charge in [-0.2, -0.15) is 4.98 Å². The smallest absolute Gasteiger partial charge is 0.252 e. The third kappa shape index (κ3) is 2.27. The van der Waals surface area contributed by atoms with Gasteiger partial charge < -0.3 is 9.30 Å². The van der Waals surface area contributed by atoms with Crippen molar-refractivity contribution >= 4 is 11.0 Å². The Balaban J connectivity index is 1.88. The van der Waals surface area contributed by atoms with Crippen LogP contribution in [-0.2, 0) is 13.7 Å². The molecular formula is C14H12FN3O. The molecule has 19 heavy (non-hydrogen) atoms. The second-order valence-corrected chi connectivity index (χ2v) is 4.22. The monoisotopic (exact) mass is 257 g/mol. The van der Waals surface area contributed by atoms with E-state index in [0.29, 0.717) is 5.65 Å². The molecule has 0 spiro atoms. The van der Waals surface area contributed by atoms with E-state index in [4.69, 9.17) is 4.74 Å². The van der Waals surface area contributed by atoms with Crippen molar-refractivity contribution in [2.45, 2.75) is 6.61 Å². The number of rotatable bonds is 3. The van der Waals surface area contributed by atoms with E-state index in [9.17, 15) is 4.39 Å². The summed E-state index contributed by atoms with van der Waals surface area (Å²) in [6.07, 6.45) is 3.50. The van der Waals surface area contributed by atoms with Crippen molar-refractivity contribution in [3.8, 4) is 5.88 Å². The van der Waals surface area contributed by atoms with Gasteiger partial charge in [-0.05, 0) is 24.3 Å². The number of nitrogens with zero attached hydrogens (tertiary/aromatic N) is 3. The van der Waals surface area contributed by atoms with Gasteiger partial charge in [-0.25, -0.2) is 4.39 Å². The van der Waals surface area contributed by atoms with Gasteiger partial charge in [-0.15, -0.1) is 0 Å². The zero-order valence-corrected chi connectivity index (χ0v) is 10.4. The molecule has 0 aliphatic rings. The van der Waals surface area contributed by atoms with Crippen molar-refractivity contribution in [1.29, 1.82) is 0 Å². The Morgan fingerprint density at radius 1 is 1.32 bits per heavy atom. The molecule has 0 N–H and O–H groups in total. The minimum absolute atomic E-state index is 0.0000435. The van der Waals surface area contributed by atoms with Crippen LogP contribution in [-0.4, -0.2) is 14.5 Å². The predicted molar refractivity (Wildman–Crippen MR) is 69.2 cm³/mol. The highest BCUT2D eigenvalue weighted by Gasteiger charge is 2.10. The van der Waals surface area contributed by atoms with Crippen molar-refractivity contribution in [2.75, 3.05) is 0 Å². The summed E-state index contributed by atoms with van der Waals surface area (Å²) in [5.74, 6) is -0.463. The van der Waals surface area contributed by atoms with E-state index >= 15 is 0 Å². The van der Waals surface area contributed by atoms with Gasteiger partial charge in [0.15, 0.2) is 5.82 Å². The number of halogens is 1. The van der Waals surface area contributed by atoms with Crippen LogP contribution in [0.2, 0.25) is 0 Å². The van der Waals surface area contributed by atoms with Crippen LogP contribution >= 0.6 is 0 Å². The molecule has 5 heteroatoms. The van der Waals surface area contributed by atoms with Crippen LogP contribution < -0.4 is 4.74 Å². The average molecular weight is 257 g/mol. The lowest BCUT2D eigenvalue weighted by Gasteiger charge is -2.06. The highest BCUT2D eigenvalue weighted by atomic mass is 19.1. The summed E-state index contributed by atoms with van der Waals surface area (Å²) in [4.78, 5) is 8.30. The number of fused-ring (bicyclic) bond motifs is 1.